The molecular formula is C11H14O5. The molecule has 1 aromatic rings. The summed E-state index contributed by atoms with van der Waals surface area (Å²) in [4.78, 5) is 11.3. The van der Waals surface area contributed by atoms with Gasteiger partial charge in [0, 0.05) is 0 Å². The van der Waals surface area contributed by atoms with E-state index in [2.05, 4.69) is 11.3 Å². The number of ether oxygens (including phenoxy) is 1. The molecule has 1 atom stereocenters. The maximum Gasteiger partial charge on any atom is 0.336 e. The largest absolute Gasteiger partial charge is 0.463 e. The fourth-order valence-electron chi connectivity index (χ4n) is 1.13. The topological polar surface area (TPSA) is 79.9 Å². The van der Waals surface area contributed by atoms with Crippen LogP contribution in [0.1, 0.15) is 24.5 Å². The van der Waals surface area contributed by atoms with Crippen molar-refractivity contribution in [3.8, 4) is 0 Å². The van der Waals surface area contributed by atoms with E-state index in [1.165, 1.54) is 12.1 Å². The highest BCUT2D eigenvalue weighted by atomic mass is 16.5. The molecule has 0 saturated carbocycles. The summed E-state index contributed by atoms with van der Waals surface area (Å²) in [6.45, 7) is 5.05. The predicted octanol–water partition coefficient (Wildman–Crippen LogP) is 0.925. The van der Waals surface area contributed by atoms with E-state index in [1.807, 2.05) is 0 Å². The summed E-state index contributed by atoms with van der Waals surface area (Å²) in [7, 11) is 0. The van der Waals surface area contributed by atoms with Crippen LogP contribution in [0.15, 0.2) is 28.7 Å². The summed E-state index contributed by atoms with van der Waals surface area (Å²) in [5, 5.41) is 18.5. The third kappa shape index (κ3) is 2.71. The first-order valence-electron chi connectivity index (χ1n) is 4.83. The smallest absolute Gasteiger partial charge is 0.336 e. The average molecular weight is 226 g/mol. The van der Waals surface area contributed by atoms with Crippen LogP contribution in [-0.4, -0.2) is 22.8 Å². The predicted molar refractivity (Wildman–Crippen MR) is 55.4 cm³/mol. The van der Waals surface area contributed by atoms with Crippen LogP contribution in [0.3, 0.4) is 0 Å². The molecule has 1 heterocycles. The molecule has 0 aliphatic heterocycles. The van der Waals surface area contributed by atoms with Crippen LogP contribution in [-0.2, 0) is 16.1 Å². The highest BCUT2D eigenvalue weighted by Gasteiger charge is 2.22. The van der Waals surface area contributed by atoms with Crippen LogP contribution in [0.4, 0.5) is 0 Å². The average Bonchev–Trinajstić information content (AvgIpc) is 2.75. The van der Waals surface area contributed by atoms with Crippen molar-refractivity contribution in [3.63, 3.8) is 0 Å². The lowest BCUT2D eigenvalue weighted by Gasteiger charge is -2.09. The summed E-state index contributed by atoms with van der Waals surface area (Å²) in [5.74, 6) is -0.204. The molecule has 16 heavy (non-hydrogen) atoms. The molecule has 0 amide bonds. The van der Waals surface area contributed by atoms with Gasteiger partial charge < -0.3 is 19.4 Å². The SMILES string of the molecule is C=C(C(=O)OCC)C(O)c1ccc(CO)o1. The van der Waals surface area contributed by atoms with Crippen LogP contribution in [0.2, 0.25) is 0 Å². The summed E-state index contributed by atoms with van der Waals surface area (Å²) in [6, 6.07) is 2.98. The van der Waals surface area contributed by atoms with Gasteiger partial charge in [0.1, 0.15) is 24.2 Å². The van der Waals surface area contributed by atoms with Gasteiger partial charge in [-0.05, 0) is 19.1 Å². The van der Waals surface area contributed by atoms with Gasteiger partial charge in [-0.1, -0.05) is 6.58 Å². The number of aliphatic hydroxyl groups excluding tert-OH is 2. The van der Waals surface area contributed by atoms with Crippen LogP contribution in [0.5, 0.6) is 0 Å². The number of carbonyl (C=O) groups excluding carboxylic acids is 1. The lowest BCUT2D eigenvalue weighted by Crippen LogP contribution is -2.13. The van der Waals surface area contributed by atoms with Gasteiger partial charge in [0.2, 0.25) is 0 Å². The second kappa shape index (κ2) is 5.48. The molecule has 0 saturated heterocycles. The Bertz CT molecular complexity index is 379. The Morgan fingerprint density at radius 2 is 2.31 bits per heavy atom. The first kappa shape index (κ1) is 12.5. The van der Waals surface area contributed by atoms with E-state index in [0.717, 1.165) is 0 Å². The molecule has 0 spiro atoms. The molecule has 0 aromatic carbocycles. The summed E-state index contributed by atoms with van der Waals surface area (Å²) >= 11 is 0. The maximum atomic E-state index is 11.3. The van der Waals surface area contributed by atoms with Gasteiger partial charge in [-0.25, -0.2) is 4.79 Å². The molecule has 5 nitrogen and oxygen atoms in total. The molecule has 2 N–H and O–H groups in total. The highest BCUT2D eigenvalue weighted by Crippen LogP contribution is 2.23. The van der Waals surface area contributed by atoms with Gasteiger partial charge in [0.25, 0.3) is 0 Å². The van der Waals surface area contributed by atoms with E-state index in [-0.39, 0.29) is 24.5 Å². The van der Waals surface area contributed by atoms with Crippen LogP contribution in [0.25, 0.3) is 0 Å². The van der Waals surface area contributed by atoms with Crippen molar-refractivity contribution in [1.82, 2.24) is 0 Å². The number of aliphatic hydroxyl groups is 2. The minimum atomic E-state index is -1.25. The van der Waals surface area contributed by atoms with Crippen molar-refractivity contribution in [3.05, 3.63) is 35.8 Å². The number of carbonyl (C=O) groups is 1. The van der Waals surface area contributed by atoms with Crippen LogP contribution < -0.4 is 0 Å². The minimum Gasteiger partial charge on any atom is -0.463 e. The lowest BCUT2D eigenvalue weighted by atomic mass is 10.1. The minimum absolute atomic E-state index is 0.0966. The molecule has 0 fully saturated rings. The Morgan fingerprint density at radius 3 is 2.81 bits per heavy atom. The summed E-state index contributed by atoms with van der Waals surface area (Å²) in [6.07, 6.45) is -1.25. The summed E-state index contributed by atoms with van der Waals surface area (Å²) < 4.78 is 9.77. The van der Waals surface area contributed by atoms with Crippen molar-refractivity contribution >= 4 is 5.97 Å². The maximum absolute atomic E-state index is 11.3. The Kier molecular flexibility index (Phi) is 4.28. The molecule has 1 aromatic heterocycles. The lowest BCUT2D eigenvalue weighted by molar-refractivity contribution is -0.139. The van der Waals surface area contributed by atoms with E-state index in [4.69, 9.17) is 9.52 Å². The van der Waals surface area contributed by atoms with Gasteiger partial charge >= 0.3 is 5.97 Å². The van der Waals surface area contributed by atoms with Gasteiger partial charge in [0.15, 0.2) is 0 Å². The highest BCUT2D eigenvalue weighted by molar-refractivity contribution is 5.88. The van der Waals surface area contributed by atoms with Crippen molar-refractivity contribution < 1.29 is 24.2 Å². The molecule has 0 aliphatic rings. The van der Waals surface area contributed by atoms with Crippen molar-refractivity contribution in [1.29, 1.82) is 0 Å². The second-order valence-electron chi connectivity index (χ2n) is 3.11. The standard InChI is InChI=1S/C11H14O5/c1-3-15-11(14)7(2)10(13)9-5-4-8(6-12)16-9/h4-5,10,12-13H,2-3,6H2,1H3. The first-order chi connectivity index (χ1) is 7.60. The molecule has 88 valence electrons. The van der Waals surface area contributed by atoms with Gasteiger partial charge in [-0.3, -0.25) is 0 Å². The Labute approximate surface area is 93.0 Å². The zero-order valence-electron chi connectivity index (χ0n) is 8.97. The van der Waals surface area contributed by atoms with E-state index < -0.39 is 12.1 Å². The molecule has 0 bridgehead atoms. The molecule has 5 heteroatoms. The molecule has 0 aliphatic carbocycles. The van der Waals surface area contributed by atoms with E-state index in [9.17, 15) is 9.90 Å². The quantitative estimate of drug-likeness (QED) is 0.576. The number of rotatable bonds is 5. The molecular weight excluding hydrogens is 212 g/mol. The number of hydrogen-bond acceptors (Lipinski definition) is 5. The van der Waals surface area contributed by atoms with E-state index in [1.54, 1.807) is 6.92 Å². The van der Waals surface area contributed by atoms with Crippen LogP contribution in [0, 0.1) is 0 Å². The normalized spacial score (nSPS) is 12.2. The molecule has 1 unspecified atom stereocenters. The fourth-order valence-corrected chi connectivity index (χ4v) is 1.13. The number of esters is 1. The van der Waals surface area contributed by atoms with Crippen molar-refractivity contribution in [2.45, 2.75) is 19.6 Å². The van der Waals surface area contributed by atoms with E-state index in [0.29, 0.717) is 5.76 Å². The van der Waals surface area contributed by atoms with Crippen molar-refractivity contribution in [2.24, 2.45) is 0 Å². The molecule has 1 rings (SSSR count). The Hall–Kier alpha value is -1.59. The number of furan rings is 1. The fraction of sp³-hybridized carbons (Fsp3) is 0.364. The third-order valence-electron chi connectivity index (χ3n) is 1.98. The zero-order chi connectivity index (χ0) is 12.1. The summed E-state index contributed by atoms with van der Waals surface area (Å²) in [5.41, 5.74) is -0.0966. The van der Waals surface area contributed by atoms with Crippen LogP contribution >= 0.6 is 0 Å². The zero-order valence-corrected chi connectivity index (χ0v) is 8.97. The monoisotopic (exact) mass is 226 g/mol. The van der Waals surface area contributed by atoms with E-state index >= 15 is 0 Å². The first-order valence-corrected chi connectivity index (χ1v) is 4.83. The van der Waals surface area contributed by atoms with Crippen molar-refractivity contribution in [2.75, 3.05) is 6.61 Å². The second-order valence-corrected chi connectivity index (χ2v) is 3.11. The van der Waals surface area contributed by atoms with Gasteiger partial charge in [0.05, 0.1) is 12.2 Å². The van der Waals surface area contributed by atoms with Gasteiger partial charge in [-0.2, -0.15) is 0 Å². The molecule has 0 radical (unpaired) electrons. The third-order valence-corrected chi connectivity index (χ3v) is 1.98. The number of hydrogen-bond donors (Lipinski definition) is 2. The Balaban J connectivity index is 2.73. The Morgan fingerprint density at radius 1 is 1.62 bits per heavy atom. The van der Waals surface area contributed by atoms with Gasteiger partial charge in [-0.15, -0.1) is 0 Å².